The molecule has 0 fully saturated rings. The first-order valence-corrected chi connectivity index (χ1v) is 7.90. The molecule has 0 bridgehead atoms. The average Bonchev–Trinajstić information content (AvgIpc) is 3.29. The summed E-state index contributed by atoms with van der Waals surface area (Å²) in [6.45, 7) is 0.296. The Morgan fingerprint density at radius 1 is 1.15 bits per heavy atom. The van der Waals surface area contributed by atoms with E-state index < -0.39 is 0 Å². The van der Waals surface area contributed by atoms with E-state index in [-0.39, 0.29) is 25.9 Å². The van der Waals surface area contributed by atoms with E-state index in [1.165, 1.54) is 4.80 Å². The summed E-state index contributed by atoms with van der Waals surface area (Å²) in [4.78, 5) is 13.3. The van der Waals surface area contributed by atoms with Crippen molar-refractivity contribution >= 4 is 11.6 Å². The summed E-state index contributed by atoms with van der Waals surface area (Å²) in [7, 11) is 0. The normalized spacial score (nSPS) is 12.0. The molecule has 26 heavy (non-hydrogen) atoms. The highest BCUT2D eigenvalue weighted by Crippen LogP contribution is 2.34. The van der Waals surface area contributed by atoms with Gasteiger partial charge in [-0.05, 0) is 29.5 Å². The first-order chi connectivity index (χ1) is 12.8. The molecule has 0 saturated carbocycles. The number of fused-ring (bicyclic) bond motifs is 1. The number of hydrogen-bond acceptors (Lipinski definition) is 7. The maximum Gasteiger partial charge on any atom is 0.248 e. The minimum Gasteiger partial charge on any atom is -0.485 e. The van der Waals surface area contributed by atoms with Gasteiger partial charge in [0.2, 0.25) is 18.5 Å². The Kier molecular flexibility index (Phi) is 4.33. The molecule has 0 aliphatic carbocycles. The molecule has 2 aromatic carbocycles. The lowest BCUT2D eigenvalue weighted by Crippen LogP contribution is -2.20. The molecular weight excluding hydrogens is 338 g/mol. The van der Waals surface area contributed by atoms with E-state index in [1.54, 1.807) is 18.2 Å². The van der Waals surface area contributed by atoms with Gasteiger partial charge >= 0.3 is 0 Å². The molecule has 1 N–H and O–H groups in total. The molecule has 1 aliphatic heterocycles. The number of tetrazole rings is 1. The van der Waals surface area contributed by atoms with E-state index in [1.807, 2.05) is 30.3 Å². The van der Waals surface area contributed by atoms with Crippen molar-refractivity contribution in [2.45, 2.75) is 13.2 Å². The van der Waals surface area contributed by atoms with E-state index in [4.69, 9.17) is 14.2 Å². The molecule has 132 valence electrons. The quantitative estimate of drug-likeness (QED) is 0.718. The van der Waals surface area contributed by atoms with Crippen LogP contribution in [0.5, 0.6) is 17.2 Å². The predicted octanol–water partition coefficient (Wildman–Crippen LogP) is 1.62. The summed E-state index contributed by atoms with van der Waals surface area (Å²) < 4.78 is 16.1. The second kappa shape index (κ2) is 7.09. The predicted molar refractivity (Wildman–Crippen MR) is 89.8 cm³/mol. The number of amides is 1. The van der Waals surface area contributed by atoms with Crippen molar-refractivity contribution in [1.82, 2.24) is 20.2 Å². The number of para-hydroxylation sites is 1. The van der Waals surface area contributed by atoms with Crippen LogP contribution in [-0.4, -0.2) is 32.9 Å². The lowest BCUT2D eigenvalue weighted by atomic mass is 10.3. The first-order valence-electron chi connectivity index (χ1n) is 7.90. The Hall–Kier alpha value is -3.62. The van der Waals surface area contributed by atoms with Crippen LogP contribution in [0.3, 0.4) is 0 Å². The Morgan fingerprint density at radius 3 is 2.88 bits per heavy atom. The fourth-order valence-corrected chi connectivity index (χ4v) is 2.37. The Bertz CT molecular complexity index is 913. The van der Waals surface area contributed by atoms with Crippen LogP contribution in [-0.2, 0) is 17.9 Å². The summed E-state index contributed by atoms with van der Waals surface area (Å²) in [6.07, 6.45) is 0. The molecule has 0 unspecified atom stereocenters. The maximum atomic E-state index is 12.1. The van der Waals surface area contributed by atoms with Crippen molar-refractivity contribution in [2.75, 3.05) is 12.1 Å². The fraction of sp³-hybridized carbons (Fsp3) is 0.176. The zero-order valence-corrected chi connectivity index (χ0v) is 13.7. The lowest BCUT2D eigenvalue weighted by molar-refractivity contribution is -0.117. The van der Waals surface area contributed by atoms with Gasteiger partial charge < -0.3 is 19.5 Å². The van der Waals surface area contributed by atoms with E-state index in [2.05, 4.69) is 20.7 Å². The minimum atomic E-state index is -0.281. The molecule has 9 heteroatoms. The lowest BCUT2D eigenvalue weighted by Gasteiger charge is -2.05. The number of benzene rings is 2. The van der Waals surface area contributed by atoms with Crippen molar-refractivity contribution in [3.63, 3.8) is 0 Å². The van der Waals surface area contributed by atoms with Crippen molar-refractivity contribution in [1.29, 1.82) is 0 Å². The van der Waals surface area contributed by atoms with Gasteiger partial charge in [-0.2, -0.15) is 4.80 Å². The van der Waals surface area contributed by atoms with Gasteiger partial charge in [-0.15, -0.1) is 10.2 Å². The Balaban J connectivity index is 1.31. The summed E-state index contributed by atoms with van der Waals surface area (Å²) >= 11 is 0. The summed E-state index contributed by atoms with van der Waals surface area (Å²) in [6, 6.07) is 14.5. The summed E-state index contributed by atoms with van der Waals surface area (Å²) in [5.74, 6) is 2.08. The van der Waals surface area contributed by atoms with Crippen molar-refractivity contribution in [3.8, 4) is 17.2 Å². The number of nitrogens with one attached hydrogen (secondary N) is 1. The van der Waals surface area contributed by atoms with Crippen molar-refractivity contribution in [3.05, 3.63) is 54.4 Å². The Morgan fingerprint density at radius 2 is 2.00 bits per heavy atom. The second-order valence-electron chi connectivity index (χ2n) is 5.45. The highest BCUT2D eigenvalue weighted by atomic mass is 16.7. The maximum absolute atomic E-state index is 12.1. The highest BCUT2D eigenvalue weighted by Gasteiger charge is 2.15. The smallest absolute Gasteiger partial charge is 0.248 e. The van der Waals surface area contributed by atoms with Gasteiger partial charge in [-0.1, -0.05) is 18.2 Å². The molecule has 3 aromatic rings. The number of nitrogens with zero attached hydrogens (tertiary/aromatic N) is 4. The summed E-state index contributed by atoms with van der Waals surface area (Å²) in [5.41, 5.74) is 0.604. The number of carbonyl (C=O) groups excluding carboxylic acids is 1. The largest absolute Gasteiger partial charge is 0.485 e. The third kappa shape index (κ3) is 3.72. The molecule has 0 spiro atoms. The van der Waals surface area contributed by atoms with Gasteiger partial charge in [0.1, 0.15) is 12.3 Å². The van der Waals surface area contributed by atoms with Crippen molar-refractivity contribution in [2.24, 2.45) is 0 Å². The van der Waals surface area contributed by atoms with Crippen LogP contribution in [0.4, 0.5) is 5.69 Å². The molecule has 1 amide bonds. The van der Waals surface area contributed by atoms with Crippen LogP contribution in [0.2, 0.25) is 0 Å². The van der Waals surface area contributed by atoms with Crippen LogP contribution in [0.15, 0.2) is 48.5 Å². The van der Waals surface area contributed by atoms with E-state index in [0.29, 0.717) is 28.8 Å². The zero-order chi connectivity index (χ0) is 17.8. The molecule has 1 aromatic heterocycles. The molecule has 4 rings (SSSR count). The third-order valence-electron chi connectivity index (χ3n) is 3.55. The minimum absolute atomic E-state index is 0.0627. The molecule has 2 heterocycles. The topological polar surface area (TPSA) is 100 Å². The number of aromatic nitrogens is 4. The van der Waals surface area contributed by atoms with E-state index >= 15 is 0 Å². The van der Waals surface area contributed by atoms with Crippen LogP contribution in [0.1, 0.15) is 5.82 Å². The van der Waals surface area contributed by atoms with Crippen LogP contribution >= 0.6 is 0 Å². The van der Waals surface area contributed by atoms with Crippen molar-refractivity contribution < 1.29 is 19.0 Å². The van der Waals surface area contributed by atoms with Gasteiger partial charge in [-0.25, -0.2) is 0 Å². The number of ether oxygens (including phenoxy) is 3. The molecule has 0 saturated heterocycles. The van der Waals surface area contributed by atoms with Gasteiger partial charge in [0.25, 0.3) is 0 Å². The van der Waals surface area contributed by atoms with Crippen LogP contribution < -0.4 is 19.5 Å². The Labute approximate surface area is 148 Å². The second-order valence-corrected chi connectivity index (χ2v) is 5.45. The molecule has 0 radical (unpaired) electrons. The fourth-order valence-electron chi connectivity index (χ4n) is 2.37. The monoisotopic (exact) mass is 353 g/mol. The van der Waals surface area contributed by atoms with Crippen LogP contribution in [0, 0.1) is 0 Å². The standard InChI is InChI=1S/C17H15N5O4/c23-17(18-12-6-7-14-15(8-12)26-11-25-14)9-22-20-16(19-21-22)10-24-13-4-2-1-3-5-13/h1-8H,9-11H2,(H,18,23). The summed E-state index contributed by atoms with van der Waals surface area (Å²) in [5, 5.41) is 14.6. The number of rotatable bonds is 6. The molecular formula is C17H15N5O4. The van der Waals surface area contributed by atoms with Gasteiger partial charge in [0.05, 0.1) is 0 Å². The molecule has 1 aliphatic rings. The number of hydrogen-bond donors (Lipinski definition) is 1. The van der Waals surface area contributed by atoms with Crippen LogP contribution in [0.25, 0.3) is 0 Å². The van der Waals surface area contributed by atoms with Gasteiger partial charge in [-0.3, -0.25) is 4.79 Å². The first kappa shape index (κ1) is 15.9. The average molecular weight is 353 g/mol. The van der Waals surface area contributed by atoms with E-state index in [9.17, 15) is 4.79 Å². The van der Waals surface area contributed by atoms with E-state index in [0.717, 1.165) is 0 Å². The SMILES string of the molecule is O=C(Cn1nnc(COc2ccccc2)n1)Nc1ccc2c(c1)OCO2. The van der Waals surface area contributed by atoms with Gasteiger partial charge in [0.15, 0.2) is 18.1 Å². The third-order valence-corrected chi connectivity index (χ3v) is 3.55. The number of carbonyl (C=O) groups is 1. The number of anilines is 1. The molecule has 0 atom stereocenters. The highest BCUT2D eigenvalue weighted by molar-refractivity contribution is 5.90. The molecule has 9 nitrogen and oxygen atoms in total. The van der Waals surface area contributed by atoms with Gasteiger partial charge in [0, 0.05) is 11.8 Å². The zero-order valence-electron chi connectivity index (χ0n) is 13.7.